The summed E-state index contributed by atoms with van der Waals surface area (Å²) in [7, 11) is 1.97. The summed E-state index contributed by atoms with van der Waals surface area (Å²) in [6.07, 6.45) is 6.34. The van der Waals surface area contributed by atoms with Crippen molar-refractivity contribution in [2.45, 2.75) is 42.8 Å². The van der Waals surface area contributed by atoms with Crippen molar-refractivity contribution in [1.29, 1.82) is 0 Å². The largest absolute Gasteiger partial charge is 0.341 e. The number of pyridine rings is 1. The maximum absolute atomic E-state index is 12.7. The molecule has 1 aliphatic heterocycles. The number of hydrogen-bond donors (Lipinski definition) is 0. The molecule has 0 unspecified atom stereocenters. The molecule has 1 saturated heterocycles. The van der Waals surface area contributed by atoms with Crippen LogP contribution in [0.3, 0.4) is 0 Å². The van der Waals surface area contributed by atoms with E-state index in [1.165, 1.54) is 29.3 Å². The number of carbonyl (C=O) groups excluding carboxylic acids is 1. The van der Waals surface area contributed by atoms with Crippen LogP contribution in [0.15, 0.2) is 53.7 Å². The van der Waals surface area contributed by atoms with Crippen molar-refractivity contribution < 1.29 is 4.79 Å². The van der Waals surface area contributed by atoms with E-state index in [9.17, 15) is 4.79 Å². The van der Waals surface area contributed by atoms with Gasteiger partial charge in [-0.2, -0.15) is 0 Å². The Morgan fingerprint density at radius 3 is 2.63 bits per heavy atom. The number of amides is 1. The van der Waals surface area contributed by atoms with Gasteiger partial charge in [0.25, 0.3) is 0 Å². The van der Waals surface area contributed by atoms with Crippen molar-refractivity contribution in [1.82, 2.24) is 14.8 Å². The number of benzene rings is 1. The van der Waals surface area contributed by atoms with Crippen LogP contribution in [0.1, 0.15) is 24.0 Å². The molecule has 0 N–H and O–H groups in total. The van der Waals surface area contributed by atoms with Gasteiger partial charge in [0.15, 0.2) is 0 Å². The number of hydrogen-bond acceptors (Lipinski definition) is 4. The summed E-state index contributed by atoms with van der Waals surface area (Å²) in [4.78, 5) is 21.6. The number of rotatable bonds is 5. The van der Waals surface area contributed by atoms with E-state index in [1.807, 2.05) is 30.1 Å². The maximum atomic E-state index is 12.7. The molecule has 0 spiro atoms. The fourth-order valence-corrected chi connectivity index (χ4v) is 5.08. The van der Waals surface area contributed by atoms with Crippen molar-refractivity contribution in [2.24, 2.45) is 0 Å². The molecule has 4 nitrogen and oxygen atoms in total. The molecule has 1 aliphatic carbocycles. The third-order valence-electron chi connectivity index (χ3n) is 5.90. The molecule has 27 heavy (non-hydrogen) atoms. The zero-order chi connectivity index (χ0) is 18.6. The number of fused-ring (bicyclic) bond motifs is 1. The van der Waals surface area contributed by atoms with Gasteiger partial charge in [0.1, 0.15) is 0 Å². The summed E-state index contributed by atoms with van der Waals surface area (Å²) < 4.78 is 0. The summed E-state index contributed by atoms with van der Waals surface area (Å²) in [6, 6.07) is 15.5. The third kappa shape index (κ3) is 4.36. The Morgan fingerprint density at radius 1 is 1.19 bits per heavy atom. The molecule has 5 heteroatoms. The summed E-state index contributed by atoms with van der Waals surface area (Å²) in [5.74, 6) is 0.658. The van der Waals surface area contributed by atoms with Gasteiger partial charge in [-0.3, -0.25) is 9.69 Å². The van der Waals surface area contributed by atoms with Crippen LogP contribution >= 0.6 is 11.8 Å². The molecule has 0 radical (unpaired) electrons. The monoisotopic (exact) mass is 381 g/mol. The van der Waals surface area contributed by atoms with Crippen LogP contribution in [0.2, 0.25) is 0 Å². The standard InChI is InChI=1S/C22H27N3OS/c1-24(22(26)16-27-21-10-4-5-11-23-21)19-9-6-12-25(15-19)20-13-17-7-2-3-8-18(17)14-20/h2-5,7-8,10-11,19-20H,6,9,12-16H2,1H3/t19-/m1/s1. The number of thioether (sulfide) groups is 1. The summed E-state index contributed by atoms with van der Waals surface area (Å²) >= 11 is 1.52. The molecule has 4 rings (SSSR count). The lowest BCUT2D eigenvalue weighted by Gasteiger charge is -2.40. The Kier molecular flexibility index (Phi) is 5.79. The first-order valence-corrected chi connectivity index (χ1v) is 10.8. The van der Waals surface area contributed by atoms with Crippen LogP contribution < -0.4 is 0 Å². The molecular formula is C22H27N3OS. The van der Waals surface area contributed by atoms with Gasteiger partial charge in [-0.25, -0.2) is 4.98 Å². The van der Waals surface area contributed by atoms with Gasteiger partial charge in [0, 0.05) is 31.9 Å². The lowest BCUT2D eigenvalue weighted by atomic mass is 10.0. The molecule has 1 fully saturated rings. The highest BCUT2D eigenvalue weighted by atomic mass is 32.2. The van der Waals surface area contributed by atoms with E-state index in [0.29, 0.717) is 17.8 Å². The van der Waals surface area contributed by atoms with Crippen LogP contribution in [0.4, 0.5) is 0 Å². The van der Waals surface area contributed by atoms with E-state index < -0.39 is 0 Å². The molecule has 1 aromatic heterocycles. The quantitative estimate of drug-likeness (QED) is 0.745. The third-order valence-corrected chi connectivity index (χ3v) is 6.82. The fourth-order valence-electron chi connectivity index (χ4n) is 4.30. The Bertz CT molecular complexity index is 757. The van der Waals surface area contributed by atoms with E-state index in [0.717, 1.165) is 37.4 Å². The lowest BCUT2D eigenvalue weighted by molar-refractivity contribution is -0.130. The van der Waals surface area contributed by atoms with Gasteiger partial charge in [-0.05, 0) is 55.5 Å². The van der Waals surface area contributed by atoms with Crippen LogP contribution in [0, 0.1) is 0 Å². The Balaban J connectivity index is 1.32. The minimum absolute atomic E-state index is 0.201. The number of piperidine rings is 1. The molecule has 2 aromatic rings. The Hall–Kier alpha value is -1.85. The fraction of sp³-hybridized carbons (Fsp3) is 0.455. The lowest BCUT2D eigenvalue weighted by Crippen LogP contribution is -2.52. The van der Waals surface area contributed by atoms with E-state index >= 15 is 0 Å². The number of aromatic nitrogens is 1. The smallest absolute Gasteiger partial charge is 0.233 e. The second-order valence-corrected chi connectivity index (χ2v) is 8.58. The summed E-state index contributed by atoms with van der Waals surface area (Å²) in [5, 5.41) is 0.910. The Morgan fingerprint density at radius 2 is 1.93 bits per heavy atom. The van der Waals surface area contributed by atoms with Crippen molar-refractivity contribution >= 4 is 17.7 Å². The van der Waals surface area contributed by atoms with Crippen molar-refractivity contribution in [3.8, 4) is 0 Å². The van der Waals surface area contributed by atoms with E-state index in [1.54, 1.807) is 6.20 Å². The van der Waals surface area contributed by atoms with E-state index in [2.05, 4.69) is 34.1 Å². The molecule has 2 heterocycles. The first-order valence-electron chi connectivity index (χ1n) is 9.81. The van der Waals surface area contributed by atoms with Crippen molar-refractivity contribution in [2.75, 3.05) is 25.9 Å². The predicted molar refractivity (Wildman–Crippen MR) is 110 cm³/mol. The molecule has 1 aromatic carbocycles. The first kappa shape index (κ1) is 18.5. The van der Waals surface area contributed by atoms with Crippen LogP contribution in [0.25, 0.3) is 0 Å². The molecule has 0 saturated carbocycles. The van der Waals surface area contributed by atoms with Gasteiger partial charge < -0.3 is 4.90 Å². The zero-order valence-corrected chi connectivity index (χ0v) is 16.7. The van der Waals surface area contributed by atoms with E-state index in [-0.39, 0.29) is 5.91 Å². The number of likely N-dealkylation sites (N-methyl/N-ethyl adjacent to an activating group) is 1. The van der Waals surface area contributed by atoms with Crippen LogP contribution in [-0.4, -0.2) is 58.7 Å². The maximum Gasteiger partial charge on any atom is 0.233 e. The highest BCUT2D eigenvalue weighted by molar-refractivity contribution is 7.99. The van der Waals surface area contributed by atoms with Crippen molar-refractivity contribution in [3.05, 3.63) is 59.8 Å². The number of likely N-dealkylation sites (tertiary alicyclic amines) is 1. The topological polar surface area (TPSA) is 36.4 Å². The zero-order valence-electron chi connectivity index (χ0n) is 15.9. The number of nitrogens with zero attached hydrogens (tertiary/aromatic N) is 3. The Labute approximate surface area is 166 Å². The normalized spacial score (nSPS) is 20.4. The molecule has 0 bridgehead atoms. The summed E-state index contributed by atoms with van der Waals surface area (Å²) in [5.41, 5.74) is 3.00. The molecule has 1 atom stereocenters. The first-order chi connectivity index (χ1) is 13.2. The minimum atomic E-state index is 0.201. The molecule has 2 aliphatic rings. The SMILES string of the molecule is CN(C(=O)CSc1ccccn1)[C@@H]1CCCN(C2Cc3ccccc3C2)C1. The van der Waals surface area contributed by atoms with Crippen LogP contribution in [-0.2, 0) is 17.6 Å². The average molecular weight is 382 g/mol. The van der Waals surface area contributed by atoms with E-state index in [4.69, 9.17) is 0 Å². The summed E-state index contributed by atoms with van der Waals surface area (Å²) in [6.45, 7) is 2.15. The average Bonchev–Trinajstić information content (AvgIpc) is 3.17. The predicted octanol–water partition coefficient (Wildman–Crippen LogP) is 3.26. The minimum Gasteiger partial charge on any atom is -0.341 e. The van der Waals surface area contributed by atoms with Gasteiger partial charge in [0.05, 0.1) is 10.8 Å². The molecule has 142 valence electrons. The molecule has 1 amide bonds. The number of carbonyl (C=O) groups is 1. The van der Waals surface area contributed by atoms with Gasteiger partial charge in [0.2, 0.25) is 5.91 Å². The second kappa shape index (κ2) is 8.44. The van der Waals surface area contributed by atoms with Gasteiger partial charge in [-0.15, -0.1) is 0 Å². The van der Waals surface area contributed by atoms with Crippen LogP contribution in [0.5, 0.6) is 0 Å². The van der Waals surface area contributed by atoms with Gasteiger partial charge in [-0.1, -0.05) is 42.1 Å². The second-order valence-electron chi connectivity index (χ2n) is 7.58. The highest BCUT2D eigenvalue weighted by Crippen LogP contribution is 2.28. The highest BCUT2D eigenvalue weighted by Gasteiger charge is 2.32. The van der Waals surface area contributed by atoms with Crippen molar-refractivity contribution in [3.63, 3.8) is 0 Å². The van der Waals surface area contributed by atoms with Gasteiger partial charge >= 0.3 is 0 Å². The molecular weight excluding hydrogens is 354 g/mol.